The van der Waals surface area contributed by atoms with Gasteiger partial charge in [0.25, 0.3) is 0 Å². The molecule has 0 radical (unpaired) electrons. The van der Waals surface area contributed by atoms with E-state index in [2.05, 4.69) is 29.4 Å². The maximum absolute atomic E-state index is 12.3. The van der Waals surface area contributed by atoms with Crippen LogP contribution >= 0.6 is 11.8 Å². The molecule has 0 fully saturated rings. The number of Topliss-reactive ketones (excluding diaryl/α,β-unsaturated/α-hetero) is 1. The van der Waals surface area contributed by atoms with E-state index in [0.29, 0.717) is 16.6 Å². The van der Waals surface area contributed by atoms with Crippen molar-refractivity contribution in [3.63, 3.8) is 0 Å². The van der Waals surface area contributed by atoms with Crippen LogP contribution in [0.1, 0.15) is 35.7 Å². The Hall–Kier alpha value is -2.87. The van der Waals surface area contributed by atoms with Gasteiger partial charge in [-0.25, -0.2) is 0 Å². The van der Waals surface area contributed by atoms with Gasteiger partial charge in [-0.15, -0.1) is 5.10 Å². The first kappa shape index (κ1) is 17.9. The number of aromatic hydroxyl groups is 2. The Labute approximate surface area is 154 Å². The second-order valence-electron chi connectivity index (χ2n) is 6.03. The third-order valence-corrected chi connectivity index (χ3v) is 4.79. The van der Waals surface area contributed by atoms with Gasteiger partial charge in [-0.2, -0.15) is 4.68 Å². The van der Waals surface area contributed by atoms with E-state index in [1.807, 2.05) is 24.3 Å². The van der Waals surface area contributed by atoms with Crippen molar-refractivity contribution in [3.8, 4) is 17.2 Å². The molecule has 0 bridgehead atoms. The lowest BCUT2D eigenvalue weighted by atomic mass is 10.0. The van der Waals surface area contributed by atoms with Gasteiger partial charge < -0.3 is 10.2 Å². The molecule has 0 aliphatic carbocycles. The molecule has 8 heteroatoms. The zero-order valence-corrected chi connectivity index (χ0v) is 15.1. The highest BCUT2D eigenvalue weighted by atomic mass is 32.2. The van der Waals surface area contributed by atoms with Crippen LogP contribution in [0.5, 0.6) is 11.5 Å². The minimum absolute atomic E-state index is 0.106. The number of ketones is 1. The van der Waals surface area contributed by atoms with Crippen molar-refractivity contribution in [2.24, 2.45) is 0 Å². The highest BCUT2D eigenvalue weighted by molar-refractivity contribution is 7.99. The molecule has 1 aromatic heterocycles. The fourth-order valence-corrected chi connectivity index (χ4v) is 3.13. The molecule has 0 unspecified atom stereocenters. The van der Waals surface area contributed by atoms with Crippen LogP contribution in [0.25, 0.3) is 5.69 Å². The second-order valence-corrected chi connectivity index (χ2v) is 6.98. The van der Waals surface area contributed by atoms with Gasteiger partial charge in [-0.05, 0) is 52.2 Å². The molecule has 3 aromatic rings. The highest BCUT2D eigenvalue weighted by Crippen LogP contribution is 2.26. The number of hydrogen-bond acceptors (Lipinski definition) is 7. The van der Waals surface area contributed by atoms with E-state index in [-0.39, 0.29) is 23.0 Å². The summed E-state index contributed by atoms with van der Waals surface area (Å²) in [6, 6.07) is 11.9. The highest BCUT2D eigenvalue weighted by Gasteiger charge is 2.14. The van der Waals surface area contributed by atoms with E-state index in [1.165, 1.54) is 35.5 Å². The van der Waals surface area contributed by atoms with Crippen LogP contribution in [0, 0.1) is 0 Å². The molecule has 0 atom stereocenters. The summed E-state index contributed by atoms with van der Waals surface area (Å²) in [4.78, 5) is 12.3. The fourth-order valence-electron chi connectivity index (χ4n) is 2.34. The van der Waals surface area contributed by atoms with Gasteiger partial charge in [0.2, 0.25) is 5.16 Å². The molecule has 3 rings (SSSR count). The molecule has 0 saturated carbocycles. The minimum Gasteiger partial charge on any atom is -0.504 e. The van der Waals surface area contributed by atoms with E-state index in [4.69, 9.17) is 0 Å². The normalized spacial score (nSPS) is 11.0. The molecular weight excluding hydrogens is 352 g/mol. The van der Waals surface area contributed by atoms with Crippen LogP contribution in [0.15, 0.2) is 47.6 Å². The molecule has 0 spiro atoms. The van der Waals surface area contributed by atoms with E-state index >= 15 is 0 Å². The van der Waals surface area contributed by atoms with Crippen LogP contribution in [-0.4, -0.2) is 42.0 Å². The molecule has 0 saturated heterocycles. The third-order valence-electron chi connectivity index (χ3n) is 3.87. The molecule has 0 amide bonds. The van der Waals surface area contributed by atoms with E-state index in [0.717, 1.165) is 5.69 Å². The molecule has 0 aliphatic rings. The maximum Gasteiger partial charge on any atom is 0.214 e. The van der Waals surface area contributed by atoms with Crippen molar-refractivity contribution in [2.45, 2.75) is 24.9 Å². The lowest BCUT2D eigenvalue weighted by Gasteiger charge is -2.08. The summed E-state index contributed by atoms with van der Waals surface area (Å²) in [6.07, 6.45) is 0. The average Bonchev–Trinajstić information content (AvgIpc) is 3.10. The number of carbonyl (C=O) groups excluding carboxylic acids is 1. The number of nitrogens with zero attached hydrogens (tertiary/aromatic N) is 4. The molecule has 0 aliphatic heterocycles. The summed E-state index contributed by atoms with van der Waals surface area (Å²) in [5.41, 5.74) is 2.35. The van der Waals surface area contributed by atoms with Gasteiger partial charge in [0.05, 0.1) is 11.4 Å². The molecular formula is C18H18N4O3S. The van der Waals surface area contributed by atoms with Crippen LogP contribution in [0.2, 0.25) is 0 Å². The van der Waals surface area contributed by atoms with Gasteiger partial charge in [-0.3, -0.25) is 4.79 Å². The molecule has 26 heavy (non-hydrogen) atoms. The van der Waals surface area contributed by atoms with Crippen molar-refractivity contribution >= 4 is 17.5 Å². The number of hydrogen-bond donors (Lipinski definition) is 2. The van der Waals surface area contributed by atoms with Crippen LogP contribution in [0.4, 0.5) is 0 Å². The quantitative estimate of drug-likeness (QED) is 0.390. The topological polar surface area (TPSA) is 101 Å². The van der Waals surface area contributed by atoms with Crippen molar-refractivity contribution in [3.05, 3.63) is 53.6 Å². The zero-order chi connectivity index (χ0) is 18.7. The number of phenols is 2. The molecule has 134 valence electrons. The number of thioether (sulfide) groups is 1. The first-order chi connectivity index (χ1) is 12.5. The van der Waals surface area contributed by atoms with Crippen LogP contribution in [-0.2, 0) is 0 Å². The molecule has 7 nitrogen and oxygen atoms in total. The smallest absolute Gasteiger partial charge is 0.214 e. The number of tetrazole rings is 1. The lowest BCUT2D eigenvalue weighted by Crippen LogP contribution is -2.05. The predicted octanol–water partition coefficient (Wildman–Crippen LogP) is 3.17. The van der Waals surface area contributed by atoms with Crippen LogP contribution < -0.4 is 0 Å². The van der Waals surface area contributed by atoms with Gasteiger partial charge in [-0.1, -0.05) is 37.7 Å². The van der Waals surface area contributed by atoms with Crippen molar-refractivity contribution in [2.75, 3.05) is 5.75 Å². The lowest BCUT2D eigenvalue weighted by molar-refractivity contribution is 0.102. The zero-order valence-electron chi connectivity index (χ0n) is 14.3. The Bertz CT molecular complexity index is 922. The van der Waals surface area contributed by atoms with Gasteiger partial charge in [0.15, 0.2) is 17.3 Å². The Morgan fingerprint density at radius 3 is 2.50 bits per heavy atom. The number of phenolic OH excluding ortho intramolecular Hbond substituents is 2. The van der Waals surface area contributed by atoms with Gasteiger partial charge >= 0.3 is 0 Å². The van der Waals surface area contributed by atoms with Gasteiger partial charge in [0, 0.05) is 5.56 Å². The Morgan fingerprint density at radius 1 is 1.12 bits per heavy atom. The summed E-state index contributed by atoms with van der Waals surface area (Å²) >= 11 is 1.21. The summed E-state index contributed by atoms with van der Waals surface area (Å²) in [7, 11) is 0. The Morgan fingerprint density at radius 2 is 1.85 bits per heavy atom. The Kier molecular flexibility index (Phi) is 5.22. The van der Waals surface area contributed by atoms with Crippen LogP contribution in [0.3, 0.4) is 0 Å². The summed E-state index contributed by atoms with van der Waals surface area (Å²) in [5.74, 6) is -0.241. The largest absolute Gasteiger partial charge is 0.504 e. The second kappa shape index (κ2) is 7.57. The number of carbonyl (C=O) groups is 1. The van der Waals surface area contributed by atoms with Crippen molar-refractivity contribution in [1.29, 1.82) is 0 Å². The van der Waals surface area contributed by atoms with E-state index < -0.39 is 0 Å². The number of rotatable bonds is 6. The van der Waals surface area contributed by atoms with Gasteiger partial charge in [0.1, 0.15) is 0 Å². The van der Waals surface area contributed by atoms with Crippen molar-refractivity contribution in [1.82, 2.24) is 20.2 Å². The monoisotopic (exact) mass is 370 g/mol. The fraction of sp³-hybridized carbons (Fsp3) is 0.222. The molecule has 2 aromatic carbocycles. The van der Waals surface area contributed by atoms with Crippen molar-refractivity contribution < 1.29 is 15.0 Å². The minimum atomic E-state index is -0.323. The SMILES string of the molecule is CC(C)c1ccc(-n2nnnc2SCC(=O)c2ccc(O)c(O)c2)cc1. The number of aromatic nitrogens is 4. The van der Waals surface area contributed by atoms with E-state index in [9.17, 15) is 15.0 Å². The van der Waals surface area contributed by atoms with E-state index in [1.54, 1.807) is 4.68 Å². The summed E-state index contributed by atoms with van der Waals surface area (Å²) in [6.45, 7) is 4.25. The summed E-state index contributed by atoms with van der Waals surface area (Å²) in [5, 5.41) is 31.0. The average molecular weight is 370 g/mol. The maximum atomic E-state index is 12.3. The first-order valence-corrected chi connectivity index (χ1v) is 9.01. The predicted molar refractivity (Wildman–Crippen MR) is 98.1 cm³/mol. The molecule has 2 N–H and O–H groups in total. The first-order valence-electron chi connectivity index (χ1n) is 8.02. The summed E-state index contributed by atoms with van der Waals surface area (Å²) < 4.78 is 1.58. The molecule has 1 heterocycles. The standard InChI is InChI=1S/C18H18N4O3S/c1-11(2)12-3-6-14(7-4-12)22-18(19-20-21-22)26-10-17(25)13-5-8-15(23)16(24)9-13/h3-9,11,23-24H,10H2,1-2H3. The Balaban J connectivity index is 1.72. The number of benzene rings is 2. The third kappa shape index (κ3) is 3.85.